The molecule has 0 fully saturated rings. The predicted molar refractivity (Wildman–Crippen MR) is 97.3 cm³/mol. The van der Waals surface area contributed by atoms with Crippen LogP contribution < -0.4 is 14.8 Å². The molecule has 1 heterocycles. The molecular formula is C16H21N3O3S2. The summed E-state index contributed by atoms with van der Waals surface area (Å²) in [6, 6.07) is 7.14. The zero-order valence-corrected chi connectivity index (χ0v) is 15.6. The Kier molecular flexibility index (Phi) is 7.33. The first-order chi connectivity index (χ1) is 11.7. The second-order valence-corrected chi connectivity index (χ2v) is 7.22. The average Bonchev–Trinajstić information content (AvgIpc) is 3.05. The number of anilines is 1. The Morgan fingerprint density at radius 2 is 1.96 bits per heavy atom. The molecule has 0 aliphatic heterocycles. The standard InChI is InChI=1S/C16H21N3O3S2/c1-4-10-23-16-19-18-15(24-16)17-14(20)13(5-2)22-12-8-6-11(21-3)7-9-12/h6-9,13H,4-5,10H2,1-3H3,(H,17,18,20)/t13-/m0/s1. The molecule has 1 atom stereocenters. The molecule has 0 spiro atoms. The van der Waals surface area contributed by atoms with Crippen molar-refractivity contribution in [1.29, 1.82) is 0 Å². The van der Waals surface area contributed by atoms with E-state index in [1.165, 1.54) is 11.3 Å². The summed E-state index contributed by atoms with van der Waals surface area (Å²) in [6.07, 6.45) is 1.03. The fraction of sp³-hybridized carbons (Fsp3) is 0.438. The number of carbonyl (C=O) groups excluding carboxylic acids is 1. The molecule has 2 aromatic rings. The molecule has 0 saturated carbocycles. The van der Waals surface area contributed by atoms with Gasteiger partial charge in [-0.25, -0.2) is 0 Å². The van der Waals surface area contributed by atoms with Crippen LogP contribution in [0.4, 0.5) is 5.13 Å². The van der Waals surface area contributed by atoms with Crippen molar-refractivity contribution in [3.05, 3.63) is 24.3 Å². The molecule has 0 bridgehead atoms. The monoisotopic (exact) mass is 367 g/mol. The fourth-order valence-electron chi connectivity index (χ4n) is 1.83. The van der Waals surface area contributed by atoms with E-state index < -0.39 is 6.10 Å². The SMILES string of the molecule is CCCSc1nnc(NC(=O)[C@H](CC)Oc2ccc(OC)cc2)s1. The van der Waals surface area contributed by atoms with E-state index in [4.69, 9.17) is 9.47 Å². The summed E-state index contributed by atoms with van der Waals surface area (Å²) in [4.78, 5) is 12.4. The van der Waals surface area contributed by atoms with E-state index in [1.54, 1.807) is 43.1 Å². The van der Waals surface area contributed by atoms with Crippen LogP contribution in [0.3, 0.4) is 0 Å². The van der Waals surface area contributed by atoms with E-state index in [0.29, 0.717) is 17.3 Å². The van der Waals surface area contributed by atoms with Crippen molar-refractivity contribution < 1.29 is 14.3 Å². The maximum Gasteiger partial charge on any atom is 0.267 e. The maximum atomic E-state index is 12.4. The second-order valence-electron chi connectivity index (χ2n) is 4.90. The molecule has 6 nitrogen and oxygen atoms in total. The van der Waals surface area contributed by atoms with Gasteiger partial charge in [0, 0.05) is 5.75 Å². The third-order valence-electron chi connectivity index (χ3n) is 3.07. The van der Waals surface area contributed by atoms with Crippen LogP contribution in [0, 0.1) is 0 Å². The summed E-state index contributed by atoms with van der Waals surface area (Å²) in [6.45, 7) is 4.01. The van der Waals surface area contributed by atoms with Crippen LogP contribution >= 0.6 is 23.1 Å². The average molecular weight is 367 g/mol. The summed E-state index contributed by atoms with van der Waals surface area (Å²) in [7, 11) is 1.60. The van der Waals surface area contributed by atoms with E-state index >= 15 is 0 Å². The van der Waals surface area contributed by atoms with Gasteiger partial charge in [-0.3, -0.25) is 10.1 Å². The van der Waals surface area contributed by atoms with Crippen LogP contribution in [0.25, 0.3) is 0 Å². The highest BCUT2D eigenvalue weighted by Gasteiger charge is 2.20. The number of benzene rings is 1. The van der Waals surface area contributed by atoms with E-state index in [0.717, 1.165) is 22.3 Å². The van der Waals surface area contributed by atoms with Crippen molar-refractivity contribution in [3.63, 3.8) is 0 Å². The molecular weight excluding hydrogens is 346 g/mol. The normalized spacial score (nSPS) is 11.8. The van der Waals surface area contributed by atoms with Crippen molar-refractivity contribution >= 4 is 34.1 Å². The summed E-state index contributed by atoms with van der Waals surface area (Å²) in [5.74, 6) is 2.12. The van der Waals surface area contributed by atoms with Gasteiger partial charge in [0.25, 0.3) is 5.91 Å². The van der Waals surface area contributed by atoms with Crippen molar-refractivity contribution in [1.82, 2.24) is 10.2 Å². The molecule has 1 aromatic carbocycles. The van der Waals surface area contributed by atoms with Crippen LogP contribution in [0.2, 0.25) is 0 Å². The van der Waals surface area contributed by atoms with Gasteiger partial charge < -0.3 is 9.47 Å². The van der Waals surface area contributed by atoms with Gasteiger partial charge in [-0.05, 0) is 37.1 Å². The number of rotatable bonds is 9. The Morgan fingerprint density at radius 1 is 1.25 bits per heavy atom. The molecule has 1 N–H and O–H groups in total. The largest absolute Gasteiger partial charge is 0.497 e. The van der Waals surface area contributed by atoms with Gasteiger partial charge in [-0.2, -0.15) is 0 Å². The number of nitrogens with zero attached hydrogens (tertiary/aromatic N) is 2. The van der Waals surface area contributed by atoms with Gasteiger partial charge >= 0.3 is 0 Å². The number of nitrogens with one attached hydrogen (secondary N) is 1. The minimum Gasteiger partial charge on any atom is -0.497 e. The van der Waals surface area contributed by atoms with Crippen LogP contribution in [0.15, 0.2) is 28.6 Å². The van der Waals surface area contributed by atoms with Gasteiger partial charge in [0.05, 0.1) is 7.11 Å². The molecule has 0 aliphatic carbocycles. The Morgan fingerprint density at radius 3 is 2.58 bits per heavy atom. The lowest BCUT2D eigenvalue weighted by Crippen LogP contribution is -2.32. The lowest BCUT2D eigenvalue weighted by atomic mass is 10.2. The number of amides is 1. The summed E-state index contributed by atoms with van der Waals surface area (Å²) in [5, 5.41) is 11.3. The number of thioether (sulfide) groups is 1. The summed E-state index contributed by atoms with van der Waals surface area (Å²) < 4.78 is 11.7. The van der Waals surface area contributed by atoms with E-state index in [2.05, 4.69) is 22.4 Å². The third-order valence-corrected chi connectivity index (χ3v) is 5.25. The Labute approximate surface area is 150 Å². The van der Waals surface area contributed by atoms with Gasteiger partial charge in [-0.15, -0.1) is 10.2 Å². The molecule has 24 heavy (non-hydrogen) atoms. The van der Waals surface area contributed by atoms with Gasteiger partial charge in [-0.1, -0.05) is 36.9 Å². The quantitative estimate of drug-likeness (QED) is 0.536. The zero-order valence-electron chi connectivity index (χ0n) is 13.9. The molecule has 1 amide bonds. The number of hydrogen-bond donors (Lipinski definition) is 1. The van der Waals surface area contributed by atoms with Crippen LogP contribution in [-0.4, -0.2) is 35.1 Å². The van der Waals surface area contributed by atoms with Crippen LogP contribution in [0.1, 0.15) is 26.7 Å². The minimum absolute atomic E-state index is 0.225. The zero-order chi connectivity index (χ0) is 17.4. The highest BCUT2D eigenvalue weighted by Crippen LogP contribution is 2.26. The molecule has 2 rings (SSSR count). The maximum absolute atomic E-state index is 12.4. The molecule has 8 heteroatoms. The fourth-order valence-corrected chi connectivity index (χ4v) is 3.51. The number of methoxy groups -OCH3 is 1. The third kappa shape index (κ3) is 5.38. The molecule has 0 unspecified atom stereocenters. The highest BCUT2D eigenvalue weighted by molar-refractivity contribution is 8.01. The number of ether oxygens (including phenoxy) is 2. The second kappa shape index (κ2) is 9.48. The molecule has 0 saturated heterocycles. The molecule has 0 radical (unpaired) electrons. The molecule has 130 valence electrons. The lowest BCUT2D eigenvalue weighted by molar-refractivity contribution is -0.122. The summed E-state index contributed by atoms with van der Waals surface area (Å²) >= 11 is 3.02. The highest BCUT2D eigenvalue weighted by atomic mass is 32.2. The van der Waals surface area contributed by atoms with Gasteiger partial charge in [0.15, 0.2) is 10.4 Å². The molecule has 1 aromatic heterocycles. The van der Waals surface area contributed by atoms with Crippen molar-refractivity contribution in [2.45, 2.75) is 37.1 Å². The number of hydrogen-bond acceptors (Lipinski definition) is 7. The Bertz CT molecular complexity index is 646. The number of aromatic nitrogens is 2. The first-order valence-corrected chi connectivity index (χ1v) is 9.54. The first-order valence-electron chi connectivity index (χ1n) is 7.74. The van der Waals surface area contributed by atoms with Gasteiger partial charge in [0.2, 0.25) is 5.13 Å². The lowest BCUT2D eigenvalue weighted by Gasteiger charge is -2.16. The Balaban J connectivity index is 1.93. The van der Waals surface area contributed by atoms with E-state index in [-0.39, 0.29) is 5.91 Å². The van der Waals surface area contributed by atoms with E-state index in [9.17, 15) is 4.79 Å². The minimum atomic E-state index is -0.589. The topological polar surface area (TPSA) is 73.3 Å². The van der Waals surface area contributed by atoms with E-state index in [1.807, 2.05) is 6.92 Å². The summed E-state index contributed by atoms with van der Waals surface area (Å²) in [5.41, 5.74) is 0. The Hall–Kier alpha value is -1.80. The smallest absolute Gasteiger partial charge is 0.267 e. The van der Waals surface area contributed by atoms with Crippen LogP contribution in [-0.2, 0) is 4.79 Å². The molecule has 0 aliphatic rings. The van der Waals surface area contributed by atoms with Crippen molar-refractivity contribution in [2.75, 3.05) is 18.2 Å². The van der Waals surface area contributed by atoms with Crippen molar-refractivity contribution in [3.8, 4) is 11.5 Å². The van der Waals surface area contributed by atoms with Crippen molar-refractivity contribution in [2.24, 2.45) is 0 Å². The first kappa shape index (κ1) is 18.5. The van der Waals surface area contributed by atoms with Crippen LogP contribution in [0.5, 0.6) is 11.5 Å². The van der Waals surface area contributed by atoms with Gasteiger partial charge in [0.1, 0.15) is 11.5 Å². The number of carbonyl (C=O) groups is 1. The predicted octanol–water partition coefficient (Wildman–Crippen LogP) is 3.84.